The molecule has 2 aromatic rings. The summed E-state index contributed by atoms with van der Waals surface area (Å²) in [5.41, 5.74) is 0.365. The SMILES string of the molecule is N=c1ccc(I)cn1CC(=O)c1cccc([N+](=O)[O-])c1. The van der Waals surface area contributed by atoms with Crippen molar-refractivity contribution in [2.45, 2.75) is 6.54 Å². The van der Waals surface area contributed by atoms with Gasteiger partial charge in [-0.15, -0.1) is 0 Å². The number of carbonyl (C=O) groups is 1. The van der Waals surface area contributed by atoms with Crippen LogP contribution in [0.4, 0.5) is 5.69 Å². The Morgan fingerprint density at radius 3 is 2.80 bits per heavy atom. The van der Waals surface area contributed by atoms with E-state index in [-0.39, 0.29) is 29.1 Å². The van der Waals surface area contributed by atoms with Crippen molar-refractivity contribution in [3.63, 3.8) is 0 Å². The van der Waals surface area contributed by atoms with E-state index < -0.39 is 4.92 Å². The van der Waals surface area contributed by atoms with Gasteiger partial charge in [0.1, 0.15) is 5.49 Å². The van der Waals surface area contributed by atoms with Crippen LogP contribution in [-0.4, -0.2) is 15.3 Å². The fraction of sp³-hybridized carbons (Fsp3) is 0.0769. The summed E-state index contributed by atoms with van der Waals surface area (Å²) in [4.78, 5) is 22.3. The number of non-ortho nitro benzene ring substituents is 1. The highest BCUT2D eigenvalue weighted by atomic mass is 127. The van der Waals surface area contributed by atoms with Gasteiger partial charge in [-0.05, 0) is 34.7 Å². The van der Waals surface area contributed by atoms with Crippen LogP contribution in [-0.2, 0) is 6.54 Å². The Hall–Kier alpha value is -2.03. The molecule has 0 atom stereocenters. The number of rotatable bonds is 4. The topological polar surface area (TPSA) is 89.0 Å². The molecule has 0 amide bonds. The van der Waals surface area contributed by atoms with Crippen LogP contribution < -0.4 is 5.49 Å². The number of nitrogens with zero attached hydrogens (tertiary/aromatic N) is 2. The molecule has 20 heavy (non-hydrogen) atoms. The summed E-state index contributed by atoms with van der Waals surface area (Å²) in [6.45, 7) is -0.0170. The van der Waals surface area contributed by atoms with E-state index >= 15 is 0 Å². The molecule has 1 N–H and O–H groups in total. The van der Waals surface area contributed by atoms with E-state index in [4.69, 9.17) is 5.41 Å². The molecule has 0 spiro atoms. The number of benzene rings is 1. The Bertz CT molecular complexity index is 740. The molecule has 102 valence electrons. The maximum absolute atomic E-state index is 12.1. The van der Waals surface area contributed by atoms with Crippen LogP contribution in [0.3, 0.4) is 0 Å². The minimum atomic E-state index is -0.536. The number of nitrogens with one attached hydrogen (secondary N) is 1. The van der Waals surface area contributed by atoms with Crippen molar-refractivity contribution < 1.29 is 9.72 Å². The number of halogens is 1. The zero-order chi connectivity index (χ0) is 14.7. The van der Waals surface area contributed by atoms with Gasteiger partial charge in [0.15, 0.2) is 5.78 Å². The number of nitro benzene ring substituents is 1. The summed E-state index contributed by atoms with van der Waals surface area (Å²) in [5.74, 6) is -0.269. The first-order chi connectivity index (χ1) is 9.47. The van der Waals surface area contributed by atoms with E-state index in [2.05, 4.69) is 22.6 Å². The lowest BCUT2D eigenvalue weighted by Gasteiger charge is -2.06. The number of hydrogen-bond acceptors (Lipinski definition) is 4. The highest BCUT2D eigenvalue weighted by Gasteiger charge is 2.12. The van der Waals surface area contributed by atoms with E-state index in [0.29, 0.717) is 0 Å². The number of carbonyl (C=O) groups excluding carboxylic acids is 1. The number of ketones is 1. The third-order valence-electron chi connectivity index (χ3n) is 2.68. The lowest BCUT2D eigenvalue weighted by Crippen LogP contribution is -2.23. The molecule has 0 saturated heterocycles. The summed E-state index contributed by atoms with van der Waals surface area (Å²) < 4.78 is 2.41. The van der Waals surface area contributed by atoms with Crippen LogP contribution in [0, 0.1) is 19.1 Å². The molecule has 0 aliphatic rings. The molecule has 6 nitrogen and oxygen atoms in total. The molecule has 1 aromatic carbocycles. The Labute approximate surface area is 127 Å². The first kappa shape index (κ1) is 14.4. The minimum Gasteiger partial charge on any atom is -0.325 e. The van der Waals surface area contributed by atoms with Crippen LogP contribution in [0.25, 0.3) is 0 Å². The molecule has 0 unspecified atom stereocenters. The Balaban J connectivity index is 2.28. The predicted molar refractivity (Wildman–Crippen MR) is 80.4 cm³/mol. The standard InChI is InChI=1S/C13H10IN3O3/c14-10-4-5-13(15)16(7-10)8-12(18)9-2-1-3-11(6-9)17(19)20/h1-7,15H,8H2. The van der Waals surface area contributed by atoms with E-state index in [0.717, 1.165) is 3.57 Å². The van der Waals surface area contributed by atoms with E-state index in [9.17, 15) is 14.9 Å². The molecule has 7 heteroatoms. The third kappa shape index (κ3) is 3.29. The Kier molecular flexibility index (Phi) is 4.28. The predicted octanol–water partition coefficient (Wildman–Crippen LogP) is 2.36. The maximum Gasteiger partial charge on any atom is 0.270 e. The Morgan fingerprint density at radius 2 is 2.10 bits per heavy atom. The van der Waals surface area contributed by atoms with Crippen molar-refractivity contribution in [1.29, 1.82) is 5.41 Å². The third-order valence-corrected chi connectivity index (χ3v) is 3.32. The quantitative estimate of drug-likeness (QED) is 0.381. The monoisotopic (exact) mass is 383 g/mol. The largest absolute Gasteiger partial charge is 0.325 e. The highest BCUT2D eigenvalue weighted by molar-refractivity contribution is 14.1. The zero-order valence-corrected chi connectivity index (χ0v) is 12.4. The number of aromatic nitrogens is 1. The fourth-order valence-corrected chi connectivity index (χ4v) is 2.20. The molecule has 1 aromatic heterocycles. The molecule has 0 radical (unpaired) electrons. The van der Waals surface area contributed by atoms with Gasteiger partial charge in [-0.1, -0.05) is 12.1 Å². The molecule has 0 aliphatic heterocycles. The smallest absolute Gasteiger partial charge is 0.270 e. The molecular weight excluding hydrogens is 373 g/mol. The summed E-state index contributed by atoms with van der Waals surface area (Å²) in [6.07, 6.45) is 1.69. The van der Waals surface area contributed by atoms with Gasteiger partial charge in [0, 0.05) is 27.5 Å². The van der Waals surface area contributed by atoms with Crippen LogP contribution in [0.2, 0.25) is 0 Å². The molecule has 0 bridgehead atoms. The van der Waals surface area contributed by atoms with Gasteiger partial charge < -0.3 is 4.57 Å². The van der Waals surface area contributed by atoms with Gasteiger partial charge in [0.25, 0.3) is 5.69 Å². The van der Waals surface area contributed by atoms with Gasteiger partial charge in [-0.25, -0.2) is 0 Å². The second-order valence-electron chi connectivity index (χ2n) is 4.09. The summed E-state index contributed by atoms with van der Waals surface area (Å²) in [6, 6.07) is 8.98. The van der Waals surface area contributed by atoms with Gasteiger partial charge in [0.2, 0.25) is 0 Å². The molecule has 0 fully saturated rings. The van der Waals surface area contributed by atoms with Crippen molar-refractivity contribution in [3.8, 4) is 0 Å². The van der Waals surface area contributed by atoms with Gasteiger partial charge in [-0.2, -0.15) is 0 Å². The molecule has 0 aliphatic carbocycles. The lowest BCUT2D eigenvalue weighted by atomic mass is 10.1. The van der Waals surface area contributed by atoms with Gasteiger partial charge >= 0.3 is 0 Å². The highest BCUT2D eigenvalue weighted by Crippen LogP contribution is 2.14. The fourth-order valence-electron chi connectivity index (χ4n) is 1.69. The number of pyridine rings is 1. The first-order valence-electron chi connectivity index (χ1n) is 5.65. The van der Waals surface area contributed by atoms with Crippen LogP contribution in [0.5, 0.6) is 0 Å². The van der Waals surface area contributed by atoms with E-state index in [1.807, 2.05) is 0 Å². The first-order valence-corrected chi connectivity index (χ1v) is 6.73. The Morgan fingerprint density at radius 1 is 1.35 bits per heavy atom. The molecule has 2 rings (SSSR count). The van der Waals surface area contributed by atoms with Gasteiger partial charge in [0.05, 0.1) is 11.5 Å². The number of hydrogen-bond donors (Lipinski definition) is 1. The average molecular weight is 383 g/mol. The average Bonchev–Trinajstić information content (AvgIpc) is 2.43. The van der Waals surface area contributed by atoms with Crippen molar-refractivity contribution in [1.82, 2.24) is 4.57 Å². The number of Topliss-reactive ketones (excluding diaryl/α,β-unsaturated/α-hetero) is 1. The van der Waals surface area contributed by atoms with E-state index in [1.165, 1.54) is 28.8 Å². The second kappa shape index (κ2) is 5.95. The van der Waals surface area contributed by atoms with Crippen LogP contribution in [0.1, 0.15) is 10.4 Å². The van der Waals surface area contributed by atoms with Crippen molar-refractivity contribution >= 4 is 34.1 Å². The maximum atomic E-state index is 12.1. The van der Waals surface area contributed by atoms with E-state index in [1.54, 1.807) is 18.3 Å². The lowest BCUT2D eigenvalue weighted by molar-refractivity contribution is -0.384. The molecule has 1 heterocycles. The van der Waals surface area contributed by atoms with Crippen LogP contribution >= 0.6 is 22.6 Å². The second-order valence-corrected chi connectivity index (χ2v) is 5.34. The normalized spacial score (nSPS) is 10.2. The van der Waals surface area contributed by atoms with Crippen LogP contribution in [0.15, 0.2) is 42.6 Å². The minimum absolute atomic E-state index is 0.0170. The summed E-state index contributed by atoms with van der Waals surface area (Å²) in [7, 11) is 0. The summed E-state index contributed by atoms with van der Waals surface area (Å²) >= 11 is 2.09. The molecular formula is C13H10IN3O3. The number of nitro groups is 1. The molecule has 0 saturated carbocycles. The van der Waals surface area contributed by atoms with Crippen molar-refractivity contribution in [2.75, 3.05) is 0 Å². The van der Waals surface area contributed by atoms with Crippen molar-refractivity contribution in [2.24, 2.45) is 0 Å². The van der Waals surface area contributed by atoms with Crippen molar-refractivity contribution in [3.05, 3.63) is 67.3 Å². The summed E-state index contributed by atoms with van der Waals surface area (Å²) in [5, 5.41) is 18.4. The van der Waals surface area contributed by atoms with Gasteiger partial charge in [-0.3, -0.25) is 20.3 Å². The zero-order valence-electron chi connectivity index (χ0n) is 10.2.